The zero-order chi connectivity index (χ0) is 13.4. The molecule has 0 aromatic rings. The van der Waals surface area contributed by atoms with Crippen LogP contribution >= 0.6 is 0 Å². The predicted molar refractivity (Wildman–Crippen MR) is 53.0 cm³/mol. The maximum atomic E-state index is 11.5. The van der Waals surface area contributed by atoms with E-state index >= 15 is 0 Å². The summed E-state index contributed by atoms with van der Waals surface area (Å²) in [5, 5.41) is 29.9. The third-order valence-electron chi connectivity index (χ3n) is 2.87. The number of aliphatic hydroxyl groups is 3. The Morgan fingerprint density at radius 1 is 1.28 bits per heavy atom. The molecule has 9 heteroatoms. The summed E-state index contributed by atoms with van der Waals surface area (Å²) in [5.74, 6) is -1.88. The topological polar surface area (TPSA) is 136 Å². The molecule has 0 saturated carbocycles. The molecule has 0 radical (unpaired) electrons. The number of amides is 3. The average molecular weight is 260 g/mol. The molecule has 0 aromatic carbocycles. The smallest absolute Gasteiger partial charge is 0.326 e. The molecule has 2 aliphatic rings. The third kappa shape index (κ3) is 1.97. The average Bonchev–Trinajstić information content (AvgIpc) is 2.61. The van der Waals surface area contributed by atoms with Crippen LogP contribution < -0.4 is 5.32 Å². The van der Waals surface area contributed by atoms with Crippen molar-refractivity contribution in [1.82, 2.24) is 10.2 Å². The van der Waals surface area contributed by atoms with Gasteiger partial charge in [-0.1, -0.05) is 0 Å². The van der Waals surface area contributed by atoms with Crippen molar-refractivity contribution in [3.8, 4) is 0 Å². The van der Waals surface area contributed by atoms with Crippen LogP contribution in [-0.4, -0.2) is 75.6 Å². The van der Waals surface area contributed by atoms with Crippen LogP contribution in [0.1, 0.15) is 0 Å². The number of hydrogen-bond donors (Lipinski definition) is 4. The van der Waals surface area contributed by atoms with Gasteiger partial charge in [0.15, 0.2) is 6.23 Å². The minimum Gasteiger partial charge on any atom is -0.394 e. The highest BCUT2D eigenvalue weighted by molar-refractivity contribution is 6.41. The van der Waals surface area contributed by atoms with Crippen LogP contribution in [0.25, 0.3) is 0 Å². The molecule has 0 bridgehead atoms. The Balaban J connectivity index is 2.14. The fourth-order valence-corrected chi connectivity index (χ4v) is 1.88. The van der Waals surface area contributed by atoms with Gasteiger partial charge in [-0.2, -0.15) is 0 Å². The van der Waals surface area contributed by atoms with E-state index in [4.69, 9.17) is 9.84 Å². The minimum atomic E-state index is -1.46. The number of ketones is 1. The zero-order valence-electron chi connectivity index (χ0n) is 9.15. The number of carbonyl (C=O) groups is 3. The highest BCUT2D eigenvalue weighted by Crippen LogP contribution is 2.24. The van der Waals surface area contributed by atoms with E-state index in [1.54, 1.807) is 5.32 Å². The second-order valence-corrected chi connectivity index (χ2v) is 4.04. The van der Waals surface area contributed by atoms with E-state index in [-0.39, 0.29) is 0 Å². The Bertz CT molecular complexity index is 398. The van der Waals surface area contributed by atoms with Gasteiger partial charge in [0.1, 0.15) is 18.3 Å². The maximum Gasteiger partial charge on any atom is 0.326 e. The fourth-order valence-electron chi connectivity index (χ4n) is 1.88. The van der Waals surface area contributed by atoms with Crippen LogP contribution in [0, 0.1) is 0 Å². The fraction of sp³-hybridized carbons (Fsp3) is 0.667. The standard InChI is InChI=1S/C9H12N2O7/c12-2-4-5(14)6(15)8(18-4)11-1-3(13)7(16)10-9(11)17/h4-6,8,12,14-15H,1-2H2,(H,10,16,17)/t4-,5-,6-,8-/m1/s1. The van der Waals surface area contributed by atoms with Crippen LogP contribution in [0.15, 0.2) is 0 Å². The van der Waals surface area contributed by atoms with E-state index in [9.17, 15) is 24.6 Å². The largest absolute Gasteiger partial charge is 0.394 e. The second-order valence-electron chi connectivity index (χ2n) is 4.04. The number of aliphatic hydroxyl groups excluding tert-OH is 3. The Morgan fingerprint density at radius 3 is 2.50 bits per heavy atom. The van der Waals surface area contributed by atoms with E-state index in [0.29, 0.717) is 0 Å². The molecule has 18 heavy (non-hydrogen) atoms. The van der Waals surface area contributed by atoms with Gasteiger partial charge in [-0.15, -0.1) is 0 Å². The summed E-state index contributed by atoms with van der Waals surface area (Å²) >= 11 is 0. The number of hydrogen-bond acceptors (Lipinski definition) is 7. The van der Waals surface area contributed by atoms with Gasteiger partial charge in [0, 0.05) is 0 Å². The van der Waals surface area contributed by atoms with Crippen LogP contribution in [-0.2, 0) is 14.3 Å². The Labute approximate surface area is 101 Å². The van der Waals surface area contributed by atoms with E-state index in [2.05, 4.69) is 0 Å². The van der Waals surface area contributed by atoms with Crippen molar-refractivity contribution in [1.29, 1.82) is 0 Å². The molecule has 2 aliphatic heterocycles. The predicted octanol–water partition coefficient (Wildman–Crippen LogP) is -3.45. The summed E-state index contributed by atoms with van der Waals surface area (Å²) in [6.07, 6.45) is -5.17. The minimum absolute atomic E-state index is 0.544. The SMILES string of the molecule is O=C1CN([C@@H]2O[C@H](CO)[C@@H](O)[C@H]2O)C(=O)NC1=O. The highest BCUT2D eigenvalue weighted by atomic mass is 16.6. The summed E-state index contributed by atoms with van der Waals surface area (Å²) in [6.45, 7) is -1.09. The molecule has 0 aliphatic carbocycles. The van der Waals surface area contributed by atoms with Crippen molar-refractivity contribution in [2.45, 2.75) is 24.5 Å². The first-order valence-electron chi connectivity index (χ1n) is 5.23. The van der Waals surface area contributed by atoms with Crippen LogP contribution in [0.4, 0.5) is 4.79 Å². The molecule has 2 heterocycles. The zero-order valence-corrected chi connectivity index (χ0v) is 9.15. The monoisotopic (exact) mass is 260 g/mol. The van der Waals surface area contributed by atoms with E-state index in [0.717, 1.165) is 4.90 Å². The normalized spacial score (nSPS) is 37.1. The summed E-state index contributed by atoms with van der Waals surface area (Å²) in [4.78, 5) is 34.4. The number of Topliss-reactive ketones (excluding diaryl/α,β-unsaturated/α-hetero) is 1. The number of imide groups is 1. The summed E-state index contributed by atoms with van der Waals surface area (Å²) in [7, 11) is 0. The first kappa shape index (κ1) is 12.9. The van der Waals surface area contributed by atoms with Gasteiger partial charge in [0.25, 0.3) is 5.91 Å². The van der Waals surface area contributed by atoms with Gasteiger partial charge in [-0.25, -0.2) is 4.79 Å². The molecule has 4 atom stereocenters. The van der Waals surface area contributed by atoms with Crippen molar-refractivity contribution in [2.75, 3.05) is 13.2 Å². The number of carbonyl (C=O) groups excluding carboxylic acids is 3. The molecule has 3 amide bonds. The molecule has 2 rings (SSSR count). The summed E-state index contributed by atoms with van der Waals surface area (Å²) in [6, 6.07) is -0.894. The molecule has 0 unspecified atom stereocenters. The van der Waals surface area contributed by atoms with Crippen LogP contribution in [0.2, 0.25) is 0 Å². The summed E-state index contributed by atoms with van der Waals surface area (Å²) in [5.41, 5.74) is 0. The lowest BCUT2D eigenvalue weighted by Gasteiger charge is -2.31. The van der Waals surface area contributed by atoms with Gasteiger partial charge in [0.05, 0.1) is 13.2 Å². The van der Waals surface area contributed by atoms with Crippen molar-refractivity contribution in [2.24, 2.45) is 0 Å². The van der Waals surface area contributed by atoms with E-state index in [1.807, 2.05) is 0 Å². The maximum absolute atomic E-state index is 11.5. The number of ether oxygens (including phenoxy) is 1. The van der Waals surface area contributed by atoms with E-state index < -0.39 is 55.4 Å². The van der Waals surface area contributed by atoms with Crippen LogP contribution in [0.3, 0.4) is 0 Å². The molecular formula is C9H12N2O7. The Hall–Kier alpha value is -1.55. The number of urea groups is 1. The van der Waals surface area contributed by atoms with Crippen molar-refractivity contribution < 1.29 is 34.4 Å². The second kappa shape index (κ2) is 4.61. The summed E-state index contributed by atoms with van der Waals surface area (Å²) < 4.78 is 5.08. The number of rotatable bonds is 2. The first-order chi connectivity index (χ1) is 8.45. The van der Waals surface area contributed by atoms with Gasteiger partial charge in [-0.05, 0) is 0 Å². The third-order valence-corrected chi connectivity index (χ3v) is 2.87. The molecule has 4 N–H and O–H groups in total. The number of nitrogens with zero attached hydrogens (tertiary/aromatic N) is 1. The number of nitrogens with one attached hydrogen (secondary N) is 1. The molecule has 100 valence electrons. The lowest BCUT2D eigenvalue weighted by molar-refractivity contribution is -0.143. The molecule has 2 saturated heterocycles. The van der Waals surface area contributed by atoms with Crippen molar-refractivity contribution >= 4 is 17.7 Å². The molecular weight excluding hydrogens is 248 g/mol. The van der Waals surface area contributed by atoms with Gasteiger partial charge in [0.2, 0.25) is 5.78 Å². The quantitative estimate of drug-likeness (QED) is 0.379. The molecule has 2 fully saturated rings. The highest BCUT2D eigenvalue weighted by Gasteiger charge is 2.48. The first-order valence-corrected chi connectivity index (χ1v) is 5.23. The van der Waals surface area contributed by atoms with Gasteiger partial charge >= 0.3 is 6.03 Å². The van der Waals surface area contributed by atoms with Crippen molar-refractivity contribution in [3.05, 3.63) is 0 Å². The lowest BCUT2D eigenvalue weighted by atomic mass is 10.1. The Kier molecular flexibility index (Phi) is 3.30. The Morgan fingerprint density at radius 2 is 1.94 bits per heavy atom. The van der Waals surface area contributed by atoms with Crippen molar-refractivity contribution in [3.63, 3.8) is 0 Å². The van der Waals surface area contributed by atoms with E-state index in [1.165, 1.54) is 0 Å². The molecule has 9 nitrogen and oxygen atoms in total. The van der Waals surface area contributed by atoms with Gasteiger partial charge in [-0.3, -0.25) is 19.8 Å². The van der Waals surface area contributed by atoms with Gasteiger partial charge < -0.3 is 20.1 Å². The molecule has 0 spiro atoms. The molecule has 0 aromatic heterocycles. The lowest BCUT2D eigenvalue weighted by Crippen LogP contribution is -2.60. The van der Waals surface area contributed by atoms with Crippen LogP contribution in [0.5, 0.6) is 0 Å².